The van der Waals surface area contributed by atoms with E-state index in [-0.39, 0.29) is 13.3 Å². The number of fused-ring (bicyclic) bond motifs is 1. The predicted octanol–water partition coefficient (Wildman–Crippen LogP) is 4.52. The lowest BCUT2D eigenvalue weighted by Gasteiger charge is -2.22. The van der Waals surface area contributed by atoms with Gasteiger partial charge in [-0.05, 0) is 36.8 Å². The molecule has 3 amide bonds. The average molecular weight is 475 g/mol. The monoisotopic (exact) mass is 475 g/mol. The van der Waals surface area contributed by atoms with Gasteiger partial charge in [0.05, 0.1) is 17.8 Å². The van der Waals surface area contributed by atoms with Gasteiger partial charge in [0.15, 0.2) is 11.5 Å². The Kier molecular flexibility index (Phi) is 4.82. The minimum absolute atomic E-state index is 0.0675. The number of alkyl halides is 3. The van der Waals surface area contributed by atoms with E-state index in [0.29, 0.717) is 33.3 Å². The van der Waals surface area contributed by atoms with Crippen molar-refractivity contribution in [2.45, 2.75) is 25.2 Å². The molecule has 7 nitrogen and oxygen atoms in total. The zero-order chi connectivity index (χ0) is 23.4. The highest BCUT2D eigenvalue weighted by atomic mass is 32.1. The third kappa shape index (κ3) is 3.67. The predicted molar refractivity (Wildman–Crippen MR) is 112 cm³/mol. The van der Waals surface area contributed by atoms with E-state index in [1.807, 2.05) is 0 Å². The lowest BCUT2D eigenvalue weighted by atomic mass is 9.91. The van der Waals surface area contributed by atoms with Crippen LogP contribution in [-0.4, -0.2) is 28.6 Å². The Hall–Kier alpha value is -3.60. The maximum absolute atomic E-state index is 13.2. The molecule has 5 rings (SSSR count). The molecule has 2 aliphatic heterocycles. The summed E-state index contributed by atoms with van der Waals surface area (Å²) in [6.07, 6.45) is -4.42. The molecule has 1 aromatic heterocycles. The maximum atomic E-state index is 13.2. The molecular weight excluding hydrogens is 459 g/mol. The number of ether oxygens (including phenoxy) is 2. The topological polar surface area (TPSA) is 80.8 Å². The Morgan fingerprint density at radius 2 is 1.85 bits per heavy atom. The molecule has 2 aliphatic rings. The number of benzene rings is 2. The highest BCUT2D eigenvalue weighted by Crippen LogP contribution is 2.38. The van der Waals surface area contributed by atoms with E-state index in [1.54, 1.807) is 30.5 Å². The van der Waals surface area contributed by atoms with E-state index in [4.69, 9.17) is 9.47 Å². The number of aromatic nitrogens is 1. The first kappa shape index (κ1) is 21.3. The van der Waals surface area contributed by atoms with Gasteiger partial charge in [-0.2, -0.15) is 13.2 Å². The fourth-order valence-electron chi connectivity index (χ4n) is 3.72. The first-order valence-electron chi connectivity index (χ1n) is 9.81. The smallest absolute Gasteiger partial charge is 0.416 e. The van der Waals surface area contributed by atoms with Gasteiger partial charge in [0.2, 0.25) is 6.79 Å². The molecule has 0 radical (unpaired) electrons. The van der Waals surface area contributed by atoms with Crippen LogP contribution >= 0.6 is 11.3 Å². The number of urea groups is 1. The third-order valence-electron chi connectivity index (χ3n) is 5.56. The van der Waals surface area contributed by atoms with Gasteiger partial charge in [-0.1, -0.05) is 18.2 Å². The molecular formula is C22H16F3N3O4S. The standard InChI is InChI=1S/C22H16F3N3O4S/c1-21(14-6-7-16-17(8-14)32-11-31-16)19(29)28(20(30)27-21)9-15-10-33-18(26-15)12-2-4-13(5-3-12)22(23,24)25/h2-8,10H,9,11H2,1H3,(H,27,30). The first-order valence-corrected chi connectivity index (χ1v) is 10.7. The van der Waals surface area contributed by atoms with Gasteiger partial charge >= 0.3 is 12.2 Å². The number of hydrogen-bond acceptors (Lipinski definition) is 6. The van der Waals surface area contributed by atoms with E-state index >= 15 is 0 Å². The SMILES string of the molecule is CC1(c2ccc3c(c2)OCO3)NC(=O)N(Cc2csc(-c3ccc(C(F)(F)F)cc3)n2)C1=O. The minimum atomic E-state index is -4.42. The van der Waals surface area contributed by atoms with Gasteiger partial charge < -0.3 is 14.8 Å². The number of hydrogen-bond donors (Lipinski definition) is 1. The number of thiazole rings is 1. The summed E-state index contributed by atoms with van der Waals surface area (Å²) >= 11 is 1.22. The Morgan fingerprint density at radius 1 is 1.12 bits per heavy atom. The summed E-state index contributed by atoms with van der Waals surface area (Å²) < 4.78 is 49.0. The number of nitrogens with zero attached hydrogens (tertiary/aromatic N) is 2. The van der Waals surface area contributed by atoms with Gasteiger partial charge in [0, 0.05) is 10.9 Å². The summed E-state index contributed by atoms with van der Waals surface area (Å²) in [7, 11) is 0. The summed E-state index contributed by atoms with van der Waals surface area (Å²) in [5, 5.41) is 4.89. The molecule has 3 aromatic rings. The molecule has 1 atom stereocenters. The summed E-state index contributed by atoms with van der Waals surface area (Å²) in [5.41, 5.74) is -0.513. The molecule has 0 saturated carbocycles. The number of carbonyl (C=O) groups is 2. The van der Waals surface area contributed by atoms with Crippen LogP contribution in [0.2, 0.25) is 0 Å². The molecule has 1 saturated heterocycles. The third-order valence-corrected chi connectivity index (χ3v) is 6.50. The van der Waals surface area contributed by atoms with Crippen molar-refractivity contribution in [3.8, 4) is 22.1 Å². The maximum Gasteiger partial charge on any atom is 0.416 e. The summed E-state index contributed by atoms with van der Waals surface area (Å²) in [6, 6.07) is 9.14. The van der Waals surface area contributed by atoms with Crippen LogP contribution in [0.25, 0.3) is 10.6 Å². The van der Waals surface area contributed by atoms with E-state index in [9.17, 15) is 22.8 Å². The van der Waals surface area contributed by atoms with Crippen LogP contribution in [0.4, 0.5) is 18.0 Å². The molecule has 11 heteroatoms. The van der Waals surface area contributed by atoms with Crippen LogP contribution in [0, 0.1) is 0 Å². The molecule has 0 spiro atoms. The number of rotatable bonds is 4. The highest BCUT2D eigenvalue weighted by molar-refractivity contribution is 7.13. The van der Waals surface area contributed by atoms with E-state index in [1.165, 1.54) is 23.5 Å². The molecule has 1 fully saturated rings. The number of imide groups is 1. The van der Waals surface area contributed by atoms with Crippen molar-refractivity contribution in [3.05, 3.63) is 64.7 Å². The number of carbonyl (C=O) groups excluding carboxylic acids is 2. The Morgan fingerprint density at radius 3 is 2.58 bits per heavy atom. The van der Waals surface area contributed by atoms with E-state index in [0.717, 1.165) is 17.0 Å². The second kappa shape index (κ2) is 7.48. The molecule has 2 aromatic carbocycles. The molecule has 0 aliphatic carbocycles. The van der Waals surface area contributed by atoms with Crippen molar-refractivity contribution in [1.82, 2.24) is 15.2 Å². The van der Waals surface area contributed by atoms with E-state index < -0.39 is 29.2 Å². The van der Waals surface area contributed by atoms with Crippen molar-refractivity contribution >= 4 is 23.3 Å². The summed E-state index contributed by atoms with van der Waals surface area (Å²) in [5.74, 6) is 0.611. The lowest BCUT2D eigenvalue weighted by molar-refractivity contribution is -0.137. The zero-order valence-corrected chi connectivity index (χ0v) is 17.9. The Bertz CT molecular complexity index is 1260. The lowest BCUT2D eigenvalue weighted by Crippen LogP contribution is -2.40. The number of nitrogens with one attached hydrogen (secondary N) is 1. The zero-order valence-electron chi connectivity index (χ0n) is 17.1. The quantitative estimate of drug-likeness (QED) is 0.561. The average Bonchev–Trinajstić information content (AvgIpc) is 3.49. The second-order valence-corrected chi connectivity index (χ2v) is 8.59. The van der Waals surface area contributed by atoms with Crippen molar-refractivity contribution in [3.63, 3.8) is 0 Å². The fourth-order valence-corrected chi connectivity index (χ4v) is 4.54. The molecule has 1 unspecified atom stereocenters. The summed E-state index contributed by atoms with van der Waals surface area (Å²) in [6.45, 7) is 1.63. The first-order chi connectivity index (χ1) is 15.6. The highest BCUT2D eigenvalue weighted by Gasteiger charge is 2.49. The Labute approximate surface area is 189 Å². The number of amides is 3. The van der Waals surface area contributed by atoms with Gasteiger partial charge in [-0.15, -0.1) is 11.3 Å². The normalized spacial score (nSPS) is 19.8. The largest absolute Gasteiger partial charge is 0.454 e. The van der Waals surface area contributed by atoms with Crippen LogP contribution < -0.4 is 14.8 Å². The Balaban J connectivity index is 1.34. The molecule has 33 heavy (non-hydrogen) atoms. The molecule has 1 N–H and O–H groups in total. The van der Waals surface area contributed by atoms with Gasteiger partial charge in [0.1, 0.15) is 10.5 Å². The van der Waals surface area contributed by atoms with Crippen molar-refractivity contribution in [2.75, 3.05) is 6.79 Å². The van der Waals surface area contributed by atoms with Crippen molar-refractivity contribution in [2.24, 2.45) is 0 Å². The summed E-state index contributed by atoms with van der Waals surface area (Å²) in [4.78, 5) is 31.3. The second-order valence-electron chi connectivity index (χ2n) is 7.73. The van der Waals surface area contributed by atoms with Crippen LogP contribution in [-0.2, 0) is 23.1 Å². The molecule has 3 heterocycles. The van der Waals surface area contributed by atoms with Gasteiger partial charge in [0.25, 0.3) is 5.91 Å². The number of halogens is 3. The van der Waals surface area contributed by atoms with Crippen LogP contribution in [0.3, 0.4) is 0 Å². The van der Waals surface area contributed by atoms with E-state index in [2.05, 4.69) is 10.3 Å². The van der Waals surface area contributed by atoms with Crippen LogP contribution in [0.15, 0.2) is 47.8 Å². The van der Waals surface area contributed by atoms with Gasteiger partial charge in [-0.3, -0.25) is 9.69 Å². The minimum Gasteiger partial charge on any atom is -0.454 e. The van der Waals surface area contributed by atoms with Crippen molar-refractivity contribution in [1.29, 1.82) is 0 Å². The molecule has 0 bridgehead atoms. The fraction of sp³-hybridized carbons (Fsp3) is 0.227. The molecule has 170 valence electrons. The van der Waals surface area contributed by atoms with Crippen LogP contribution in [0.1, 0.15) is 23.7 Å². The van der Waals surface area contributed by atoms with Crippen LogP contribution in [0.5, 0.6) is 11.5 Å². The van der Waals surface area contributed by atoms with Gasteiger partial charge in [-0.25, -0.2) is 9.78 Å². The van der Waals surface area contributed by atoms with Crippen molar-refractivity contribution < 1.29 is 32.2 Å².